The quantitative estimate of drug-likeness (QED) is 0.476. The molecule has 1 aliphatic carbocycles. The number of carbonyl (C=O) groups excluding carboxylic acids is 2. The summed E-state index contributed by atoms with van der Waals surface area (Å²) in [6.07, 6.45) is 2.25. The van der Waals surface area contributed by atoms with Crippen LogP contribution in [0.3, 0.4) is 0 Å². The standard InChI is InChI=1S/C26H28N4O5/c1-26(2,3)23(24(32)33)29-22(31)14-30-13-16(12-27-30)28-25(34)35-15-21-19-10-6-4-8-17(19)18-9-5-7-11-20(18)21/h4-13,21,23H,14-15H2,1-3H3,(H,28,34)(H,29,31)(H,32,33). The molecule has 2 aromatic carbocycles. The van der Waals surface area contributed by atoms with Gasteiger partial charge in [-0.05, 0) is 27.7 Å². The Morgan fingerprint density at radius 1 is 1.06 bits per heavy atom. The Bertz CT molecular complexity index is 1210. The van der Waals surface area contributed by atoms with Crippen LogP contribution in [-0.4, -0.2) is 45.5 Å². The predicted octanol–water partition coefficient (Wildman–Crippen LogP) is 3.86. The zero-order valence-electron chi connectivity index (χ0n) is 19.8. The molecule has 1 unspecified atom stereocenters. The predicted molar refractivity (Wildman–Crippen MR) is 130 cm³/mol. The number of carboxylic acids is 1. The molecule has 0 saturated carbocycles. The summed E-state index contributed by atoms with van der Waals surface area (Å²) in [6.45, 7) is 5.19. The fourth-order valence-corrected chi connectivity index (χ4v) is 4.27. The summed E-state index contributed by atoms with van der Waals surface area (Å²) in [4.78, 5) is 36.2. The second kappa shape index (κ2) is 9.61. The molecule has 3 N–H and O–H groups in total. The van der Waals surface area contributed by atoms with Crippen LogP contribution in [0.2, 0.25) is 0 Å². The van der Waals surface area contributed by atoms with E-state index in [-0.39, 0.29) is 19.1 Å². The van der Waals surface area contributed by atoms with E-state index in [0.29, 0.717) is 5.69 Å². The van der Waals surface area contributed by atoms with Gasteiger partial charge >= 0.3 is 12.1 Å². The molecular formula is C26H28N4O5. The summed E-state index contributed by atoms with van der Waals surface area (Å²) in [5, 5.41) is 18.6. The van der Waals surface area contributed by atoms with E-state index in [4.69, 9.17) is 4.74 Å². The molecule has 1 aromatic heterocycles. The van der Waals surface area contributed by atoms with Crippen LogP contribution in [0.5, 0.6) is 0 Å². The molecule has 0 radical (unpaired) electrons. The van der Waals surface area contributed by atoms with Crippen LogP contribution in [0.25, 0.3) is 11.1 Å². The van der Waals surface area contributed by atoms with Gasteiger partial charge in [0.25, 0.3) is 0 Å². The van der Waals surface area contributed by atoms with Crippen molar-refractivity contribution in [3.05, 3.63) is 72.1 Å². The van der Waals surface area contributed by atoms with Crippen molar-refractivity contribution in [3.63, 3.8) is 0 Å². The Hall–Kier alpha value is -4.14. The number of carbonyl (C=O) groups is 3. The molecule has 1 aliphatic rings. The first-order valence-electron chi connectivity index (χ1n) is 11.3. The highest BCUT2D eigenvalue weighted by Crippen LogP contribution is 2.44. The summed E-state index contributed by atoms with van der Waals surface area (Å²) < 4.78 is 6.83. The maximum absolute atomic E-state index is 12.4. The normalized spacial score (nSPS) is 13.5. The van der Waals surface area contributed by atoms with E-state index < -0.39 is 29.4 Å². The third-order valence-electron chi connectivity index (χ3n) is 5.95. The van der Waals surface area contributed by atoms with Crippen LogP contribution >= 0.6 is 0 Å². The van der Waals surface area contributed by atoms with Crippen molar-refractivity contribution >= 4 is 23.7 Å². The van der Waals surface area contributed by atoms with Gasteiger partial charge in [0.1, 0.15) is 19.2 Å². The number of hydrogen-bond acceptors (Lipinski definition) is 5. The summed E-state index contributed by atoms with van der Waals surface area (Å²) in [5.74, 6) is -1.66. The number of rotatable bonds is 7. The molecule has 0 saturated heterocycles. The third kappa shape index (κ3) is 5.34. The van der Waals surface area contributed by atoms with Crippen LogP contribution in [-0.2, 0) is 20.9 Å². The number of fused-ring (bicyclic) bond motifs is 3. The summed E-state index contributed by atoms with van der Waals surface area (Å²) >= 11 is 0. The number of benzene rings is 2. The number of nitrogens with one attached hydrogen (secondary N) is 2. The van der Waals surface area contributed by atoms with E-state index in [9.17, 15) is 19.5 Å². The lowest BCUT2D eigenvalue weighted by molar-refractivity contribution is -0.145. The summed E-state index contributed by atoms with van der Waals surface area (Å²) in [7, 11) is 0. The first-order valence-corrected chi connectivity index (χ1v) is 11.3. The van der Waals surface area contributed by atoms with Gasteiger partial charge in [-0.2, -0.15) is 5.10 Å². The van der Waals surface area contributed by atoms with Crippen LogP contribution in [0.4, 0.5) is 10.5 Å². The van der Waals surface area contributed by atoms with E-state index >= 15 is 0 Å². The summed E-state index contributed by atoms with van der Waals surface area (Å²) in [5.41, 5.74) is 4.25. The average molecular weight is 477 g/mol. The second-order valence-corrected chi connectivity index (χ2v) is 9.58. The molecule has 9 heteroatoms. The van der Waals surface area contributed by atoms with Gasteiger partial charge in [0, 0.05) is 12.1 Å². The molecule has 1 atom stereocenters. The first-order chi connectivity index (χ1) is 16.6. The Kier molecular flexibility index (Phi) is 6.59. The van der Waals surface area contributed by atoms with Gasteiger partial charge in [-0.3, -0.25) is 14.8 Å². The molecule has 2 amide bonds. The topological polar surface area (TPSA) is 123 Å². The Morgan fingerprint density at radius 3 is 2.23 bits per heavy atom. The molecule has 1 heterocycles. The lowest BCUT2D eigenvalue weighted by Gasteiger charge is -2.27. The zero-order chi connectivity index (χ0) is 25.2. The molecule has 35 heavy (non-hydrogen) atoms. The SMILES string of the molecule is CC(C)(C)C(NC(=O)Cn1cc(NC(=O)OCC2c3ccccc3-c3ccccc32)cn1)C(=O)O. The van der Waals surface area contributed by atoms with Crippen molar-refractivity contribution in [1.29, 1.82) is 0 Å². The van der Waals surface area contributed by atoms with Gasteiger partial charge in [0.15, 0.2) is 0 Å². The van der Waals surface area contributed by atoms with Gasteiger partial charge < -0.3 is 15.2 Å². The van der Waals surface area contributed by atoms with E-state index in [1.165, 1.54) is 17.1 Å². The second-order valence-electron chi connectivity index (χ2n) is 9.58. The van der Waals surface area contributed by atoms with Crippen LogP contribution in [0.1, 0.15) is 37.8 Å². The Labute approximate surface area is 203 Å². The summed E-state index contributed by atoms with van der Waals surface area (Å²) in [6, 6.07) is 15.1. The fraction of sp³-hybridized carbons (Fsp3) is 0.308. The van der Waals surface area contributed by atoms with Gasteiger partial charge in [-0.1, -0.05) is 69.3 Å². The van der Waals surface area contributed by atoms with Crippen molar-refractivity contribution in [3.8, 4) is 11.1 Å². The molecule has 182 valence electrons. The van der Waals surface area contributed by atoms with Crippen molar-refractivity contribution in [2.75, 3.05) is 11.9 Å². The number of amides is 2. The molecule has 4 rings (SSSR count). The van der Waals surface area contributed by atoms with E-state index in [0.717, 1.165) is 22.3 Å². The molecule has 0 bridgehead atoms. The van der Waals surface area contributed by atoms with Gasteiger partial charge in [0.2, 0.25) is 5.91 Å². The third-order valence-corrected chi connectivity index (χ3v) is 5.95. The molecule has 0 spiro atoms. The van der Waals surface area contributed by atoms with E-state index in [1.54, 1.807) is 20.8 Å². The minimum Gasteiger partial charge on any atom is -0.480 e. The lowest BCUT2D eigenvalue weighted by Crippen LogP contribution is -2.50. The number of aliphatic carboxylic acids is 1. The van der Waals surface area contributed by atoms with Crippen LogP contribution in [0, 0.1) is 5.41 Å². The van der Waals surface area contributed by atoms with Gasteiger partial charge in [-0.15, -0.1) is 0 Å². The minimum atomic E-state index is -1.11. The highest BCUT2D eigenvalue weighted by atomic mass is 16.5. The van der Waals surface area contributed by atoms with Crippen molar-refractivity contribution in [1.82, 2.24) is 15.1 Å². The maximum atomic E-state index is 12.4. The van der Waals surface area contributed by atoms with Crippen LogP contribution < -0.4 is 10.6 Å². The number of carboxylic acid groups (broad SMARTS) is 1. The fourth-order valence-electron chi connectivity index (χ4n) is 4.27. The molecule has 9 nitrogen and oxygen atoms in total. The largest absolute Gasteiger partial charge is 0.480 e. The van der Waals surface area contributed by atoms with Crippen molar-refractivity contribution in [2.24, 2.45) is 5.41 Å². The van der Waals surface area contributed by atoms with E-state index in [1.807, 2.05) is 36.4 Å². The Morgan fingerprint density at radius 2 is 1.66 bits per heavy atom. The number of aromatic nitrogens is 2. The highest BCUT2D eigenvalue weighted by molar-refractivity contribution is 5.85. The number of anilines is 1. The average Bonchev–Trinajstić information content (AvgIpc) is 3.37. The minimum absolute atomic E-state index is 0.0513. The number of hydrogen-bond donors (Lipinski definition) is 3. The van der Waals surface area contributed by atoms with E-state index in [2.05, 4.69) is 27.9 Å². The first kappa shape index (κ1) is 24.0. The molecule has 0 aliphatic heterocycles. The number of nitrogens with zero attached hydrogens (tertiary/aromatic N) is 2. The lowest BCUT2D eigenvalue weighted by atomic mass is 9.87. The van der Waals surface area contributed by atoms with Crippen LogP contribution in [0.15, 0.2) is 60.9 Å². The highest BCUT2D eigenvalue weighted by Gasteiger charge is 2.32. The van der Waals surface area contributed by atoms with Gasteiger partial charge in [0.05, 0.1) is 11.9 Å². The smallest absolute Gasteiger partial charge is 0.411 e. The monoisotopic (exact) mass is 476 g/mol. The Balaban J connectivity index is 1.33. The van der Waals surface area contributed by atoms with Gasteiger partial charge in [-0.25, -0.2) is 9.59 Å². The molecular weight excluding hydrogens is 448 g/mol. The maximum Gasteiger partial charge on any atom is 0.411 e. The molecule has 0 fully saturated rings. The number of ether oxygens (including phenoxy) is 1. The van der Waals surface area contributed by atoms with Crippen molar-refractivity contribution < 1.29 is 24.2 Å². The zero-order valence-corrected chi connectivity index (χ0v) is 19.8. The molecule has 3 aromatic rings. The van der Waals surface area contributed by atoms with Crippen molar-refractivity contribution in [2.45, 2.75) is 39.3 Å².